The summed E-state index contributed by atoms with van der Waals surface area (Å²) < 4.78 is 23.5. The third kappa shape index (κ3) is 2.75. The van der Waals surface area contributed by atoms with Crippen molar-refractivity contribution in [3.05, 3.63) is 29.0 Å². The molecule has 0 bridgehead atoms. The number of carbonyl (C=O) groups is 1. The second kappa shape index (κ2) is 5.14. The third-order valence-corrected chi connectivity index (χ3v) is 3.47. The summed E-state index contributed by atoms with van der Waals surface area (Å²) >= 11 is 5.69. The van der Waals surface area contributed by atoms with E-state index >= 15 is 0 Å². The number of halogens is 2. The third-order valence-electron chi connectivity index (χ3n) is 3.18. The summed E-state index contributed by atoms with van der Waals surface area (Å²) in [5.41, 5.74) is -0.520. The average Bonchev–Trinajstić information content (AvgIpc) is 2.30. The molecule has 0 radical (unpaired) electrons. The SMILES string of the molecule is COC(=O)CC1(Oc2ccc(F)c(Cl)c2)CCC1. The van der Waals surface area contributed by atoms with Gasteiger partial charge in [-0.15, -0.1) is 0 Å². The van der Waals surface area contributed by atoms with Crippen LogP contribution in [0.15, 0.2) is 18.2 Å². The monoisotopic (exact) mass is 272 g/mol. The number of esters is 1. The van der Waals surface area contributed by atoms with Gasteiger partial charge in [-0.3, -0.25) is 4.79 Å². The topological polar surface area (TPSA) is 35.5 Å². The normalized spacial score (nSPS) is 16.8. The lowest BCUT2D eigenvalue weighted by Gasteiger charge is -2.41. The molecule has 1 saturated carbocycles. The summed E-state index contributed by atoms with van der Waals surface area (Å²) in [5.74, 6) is -0.312. The minimum Gasteiger partial charge on any atom is -0.487 e. The van der Waals surface area contributed by atoms with E-state index in [2.05, 4.69) is 4.74 Å². The van der Waals surface area contributed by atoms with Gasteiger partial charge in [0.1, 0.15) is 17.2 Å². The smallest absolute Gasteiger partial charge is 0.309 e. The predicted octanol–water partition coefficient (Wildman–Crippen LogP) is 3.34. The standard InChI is InChI=1S/C13H14ClFO3/c1-17-12(16)8-13(5-2-6-13)18-9-3-4-11(15)10(14)7-9/h3-4,7H,2,5-6,8H2,1H3. The fraction of sp³-hybridized carbons (Fsp3) is 0.462. The largest absolute Gasteiger partial charge is 0.487 e. The average molecular weight is 273 g/mol. The van der Waals surface area contributed by atoms with Crippen LogP contribution >= 0.6 is 11.6 Å². The second-order valence-electron chi connectivity index (χ2n) is 4.47. The van der Waals surface area contributed by atoms with Crippen LogP contribution in [0, 0.1) is 5.82 Å². The first-order valence-electron chi connectivity index (χ1n) is 5.75. The van der Waals surface area contributed by atoms with Crippen molar-refractivity contribution in [2.45, 2.75) is 31.3 Å². The summed E-state index contributed by atoms with van der Waals surface area (Å²) in [6.45, 7) is 0. The van der Waals surface area contributed by atoms with Gasteiger partial charge in [-0.2, -0.15) is 0 Å². The molecule has 0 aromatic heterocycles. The molecule has 1 aromatic rings. The predicted molar refractivity (Wildman–Crippen MR) is 65.3 cm³/mol. The molecule has 98 valence electrons. The molecule has 0 spiro atoms. The molecule has 2 rings (SSSR count). The van der Waals surface area contributed by atoms with E-state index in [0.29, 0.717) is 5.75 Å². The Balaban J connectivity index is 2.10. The van der Waals surface area contributed by atoms with Crippen LogP contribution in [0.3, 0.4) is 0 Å². The lowest BCUT2D eigenvalue weighted by Crippen LogP contribution is -2.45. The van der Waals surface area contributed by atoms with Gasteiger partial charge >= 0.3 is 5.97 Å². The summed E-state index contributed by atoms with van der Waals surface area (Å²) in [6.07, 6.45) is 2.79. The Morgan fingerprint density at radius 3 is 2.72 bits per heavy atom. The van der Waals surface area contributed by atoms with Gasteiger partial charge in [0.2, 0.25) is 0 Å². The summed E-state index contributed by atoms with van der Waals surface area (Å²) in [5, 5.41) is 0.0139. The van der Waals surface area contributed by atoms with E-state index in [1.54, 1.807) is 0 Å². The van der Waals surface area contributed by atoms with E-state index in [9.17, 15) is 9.18 Å². The van der Waals surface area contributed by atoms with Gasteiger partial charge in [0.25, 0.3) is 0 Å². The van der Waals surface area contributed by atoms with Crippen LogP contribution in [0.4, 0.5) is 4.39 Å². The lowest BCUT2D eigenvalue weighted by molar-refractivity contribution is -0.148. The van der Waals surface area contributed by atoms with Crippen molar-refractivity contribution in [3.63, 3.8) is 0 Å². The maximum atomic E-state index is 13.0. The van der Waals surface area contributed by atoms with Crippen LogP contribution in [0.1, 0.15) is 25.7 Å². The molecule has 0 atom stereocenters. The minimum atomic E-state index is -0.520. The van der Waals surface area contributed by atoms with E-state index in [-0.39, 0.29) is 17.4 Å². The fourth-order valence-corrected chi connectivity index (χ4v) is 2.18. The first-order chi connectivity index (χ1) is 8.54. The van der Waals surface area contributed by atoms with Crippen LogP contribution in [-0.4, -0.2) is 18.7 Å². The van der Waals surface area contributed by atoms with Crippen molar-refractivity contribution in [1.82, 2.24) is 0 Å². The molecule has 0 amide bonds. The summed E-state index contributed by atoms with van der Waals surface area (Å²) in [4.78, 5) is 11.3. The Hall–Kier alpha value is -1.29. The van der Waals surface area contributed by atoms with Gasteiger partial charge in [-0.05, 0) is 31.4 Å². The molecule has 5 heteroatoms. The fourth-order valence-electron chi connectivity index (χ4n) is 2.01. The van der Waals surface area contributed by atoms with Gasteiger partial charge in [0, 0.05) is 6.07 Å². The molecule has 0 unspecified atom stereocenters. The number of hydrogen-bond acceptors (Lipinski definition) is 3. The molecule has 1 aromatic carbocycles. The van der Waals surface area contributed by atoms with E-state index in [4.69, 9.17) is 16.3 Å². The highest BCUT2D eigenvalue weighted by Gasteiger charge is 2.41. The van der Waals surface area contributed by atoms with Crippen LogP contribution in [0.25, 0.3) is 0 Å². The molecule has 1 fully saturated rings. The lowest BCUT2D eigenvalue weighted by atomic mass is 9.77. The number of hydrogen-bond donors (Lipinski definition) is 0. The highest BCUT2D eigenvalue weighted by molar-refractivity contribution is 6.30. The van der Waals surface area contributed by atoms with Gasteiger partial charge in [0.05, 0.1) is 18.6 Å². The van der Waals surface area contributed by atoms with Gasteiger partial charge in [-0.25, -0.2) is 4.39 Å². The zero-order chi connectivity index (χ0) is 13.2. The Bertz CT molecular complexity index is 458. The van der Waals surface area contributed by atoms with E-state index < -0.39 is 11.4 Å². The van der Waals surface area contributed by atoms with Crippen molar-refractivity contribution in [2.24, 2.45) is 0 Å². The molecule has 1 aliphatic rings. The number of methoxy groups -OCH3 is 1. The van der Waals surface area contributed by atoms with E-state index in [1.165, 1.54) is 25.3 Å². The van der Waals surface area contributed by atoms with Crippen LogP contribution in [-0.2, 0) is 9.53 Å². The van der Waals surface area contributed by atoms with Crippen molar-refractivity contribution >= 4 is 17.6 Å². The molecule has 1 aliphatic carbocycles. The summed E-state index contributed by atoms with van der Waals surface area (Å²) in [7, 11) is 1.35. The number of ether oxygens (including phenoxy) is 2. The van der Waals surface area contributed by atoms with Crippen LogP contribution in [0.2, 0.25) is 5.02 Å². The Labute approximate surface area is 110 Å². The van der Waals surface area contributed by atoms with E-state index in [0.717, 1.165) is 19.3 Å². The van der Waals surface area contributed by atoms with Crippen molar-refractivity contribution in [1.29, 1.82) is 0 Å². The molecule has 18 heavy (non-hydrogen) atoms. The number of benzene rings is 1. The molecule has 0 N–H and O–H groups in total. The summed E-state index contributed by atoms with van der Waals surface area (Å²) in [6, 6.07) is 4.19. The Morgan fingerprint density at radius 2 is 2.22 bits per heavy atom. The molecular weight excluding hydrogens is 259 g/mol. The quantitative estimate of drug-likeness (QED) is 0.789. The van der Waals surface area contributed by atoms with Gasteiger partial charge < -0.3 is 9.47 Å². The first kappa shape index (κ1) is 13.1. The van der Waals surface area contributed by atoms with Gasteiger partial charge in [0.15, 0.2) is 0 Å². The Morgan fingerprint density at radius 1 is 1.50 bits per heavy atom. The van der Waals surface area contributed by atoms with Crippen LogP contribution in [0.5, 0.6) is 5.75 Å². The van der Waals surface area contributed by atoms with Crippen LogP contribution < -0.4 is 4.74 Å². The first-order valence-corrected chi connectivity index (χ1v) is 6.13. The highest BCUT2D eigenvalue weighted by Crippen LogP contribution is 2.40. The maximum absolute atomic E-state index is 13.0. The maximum Gasteiger partial charge on any atom is 0.309 e. The highest BCUT2D eigenvalue weighted by atomic mass is 35.5. The van der Waals surface area contributed by atoms with Crippen molar-refractivity contribution in [2.75, 3.05) is 7.11 Å². The zero-order valence-corrected chi connectivity index (χ0v) is 10.8. The zero-order valence-electron chi connectivity index (χ0n) is 10.0. The molecular formula is C13H14ClFO3. The minimum absolute atomic E-state index is 0.0139. The molecule has 0 aliphatic heterocycles. The van der Waals surface area contributed by atoms with Crippen molar-refractivity contribution < 1.29 is 18.7 Å². The Kier molecular flexibility index (Phi) is 3.76. The molecule has 0 saturated heterocycles. The van der Waals surface area contributed by atoms with E-state index in [1.807, 2.05) is 0 Å². The molecule has 0 heterocycles. The number of rotatable bonds is 4. The van der Waals surface area contributed by atoms with Gasteiger partial charge in [-0.1, -0.05) is 11.6 Å². The number of carbonyl (C=O) groups excluding carboxylic acids is 1. The van der Waals surface area contributed by atoms with Crippen molar-refractivity contribution in [3.8, 4) is 5.75 Å². The molecule has 3 nitrogen and oxygen atoms in total. The second-order valence-corrected chi connectivity index (χ2v) is 4.87.